The highest BCUT2D eigenvalue weighted by Crippen LogP contribution is 2.62. The Morgan fingerprint density at radius 2 is 1.12 bits per heavy atom. The molecule has 7 aromatic rings. The van der Waals surface area contributed by atoms with Crippen LogP contribution in [0.5, 0.6) is 0 Å². The van der Waals surface area contributed by atoms with Gasteiger partial charge in [-0.3, -0.25) is 0 Å². The van der Waals surface area contributed by atoms with Gasteiger partial charge in [0.2, 0.25) is 0 Å². The molecule has 0 saturated heterocycles. The van der Waals surface area contributed by atoms with Gasteiger partial charge < -0.3 is 14.7 Å². The van der Waals surface area contributed by atoms with Crippen LogP contribution in [0.4, 0.5) is 45.5 Å². The molecule has 3 nitrogen and oxygen atoms in total. The summed E-state index contributed by atoms with van der Waals surface area (Å²) >= 11 is 0. The van der Waals surface area contributed by atoms with Crippen molar-refractivity contribution in [3.05, 3.63) is 173 Å². The van der Waals surface area contributed by atoms with Crippen LogP contribution in [-0.4, -0.2) is 12.3 Å². The maximum atomic E-state index is 2.77. The van der Waals surface area contributed by atoms with Crippen LogP contribution in [-0.2, 0) is 16.2 Å². The number of aryl methyl sites for hydroxylation is 3. The molecular weight excluding hydrogens is 786 g/mol. The highest BCUT2D eigenvalue weighted by atomic mass is 15.3. The highest BCUT2D eigenvalue weighted by molar-refractivity contribution is 7.00. The van der Waals surface area contributed by atoms with Gasteiger partial charge in [-0.05, 0) is 179 Å². The van der Waals surface area contributed by atoms with Crippen molar-refractivity contribution >= 4 is 68.6 Å². The summed E-state index contributed by atoms with van der Waals surface area (Å²) in [6.45, 7) is 25.9. The van der Waals surface area contributed by atoms with Crippen LogP contribution in [0.3, 0.4) is 0 Å². The Balaban J connectivity index is 1.19. The third-order valence-electron chi connectivity index (χ3n) is 16.1. The molecule has 4 aliphatic rings. The average molecular weight is 850 g/mol. The highest BCUT2D eigenvalue weighted by Gasteiger charge is 2.58. The van der Waals surface area contributed by atoms with Gasteiger partial charge in [0, 0.05) is 50.9 Å². The minimum atomic E-state index is -0.0908. The van der Waals surface area contributed by atoms with Crippen LogP contribution in [0.2, 0.25) is 0 Å². The van der Waals surface area contributed by atoms with Crippen molar-refractivity contribution < 1.29 is 0 Å². The third-order valence-corrected chi connectivity index (χ3v) is 16.1. The summed E-state index contributed by atoms with van der Waals surface area (Å²) in [5.41, 5.74) is 24.7. The average Bonchev–Trinajstić information content (AvgIpc) is 3.48. The number of nitrogens with zero attached hydrogens (tertiary/aromatic N) is 3. The van der Waals surface area contributed by atoms with Gasteiger partial charge >= 0.3 is 0 Å². The van der Waals surface area contributed by atoms with Gasteiger partial charge in [-0.1, -0.05) is 134 Å². The van der Waals surface area contributed by atoms with Crippen molar-refractivity contribution in [2.75, 3.05) is 14.7 Å². The molecule has 0 N–H and O–H groups in total. The van der Waals surface area contributed by atoms with Crippen LogP contribution in [0, 0.1) is 20.8 Å². The Bertz CT molecular complexity index is 3060. The first kappa shape index (κ1) is 41.7. The Morgan fingerprint density at radius 1 is 0.492 bits per heavy atom. The van der Waals surface area contributed by atoms with E-state index in [1.54, 1.807) is 0 Å². The molecule has 7 aromatic carbocycles. The minimum absolute atomic E-state index is 0.000186. The standard InChI is InChI=1S/C61H64BN3/c1-39-17-16-19-46(33-39)64-53-34-40(2)21-28-50(53)62-51-29-27-47(65-52-30-22-42(48-20-13-12-18-41(48)3)35-49(52)60(10)31-14-15-32-61(60,65)11)38-54(51)63(45-25-23-43(24-26-45)58(4,5)6)55-36-44(59(7,8)9)37-56(64)57(55)62/h12-13,16-30,33-38H,14-15,31-32H2,1-11H3. The van der Waals surface area contributed by atoms with E-state index in [4.69, 9.17) is 0 Å². The van der Waals surface area contributed by atoms with Crippen molar-refractivity contribution in [2.45, 2.75) is 124 Å². The zero-order valence-electron chi connectivity index (χ0n) is 40.5. The summed E-state index contributed by atoms with van der Waals surface area (Å²) in [7, 11) is 0. The lowest BCUT2D eigenvalue weighted by atomic mass is 9.33. The van der Waals surface area contributed by atoms with E-state index in [1.807, 2.05) is 0 Å². The van der Waals surface area contributed by atoms with Gasteiger partial charge in [0.1, 0.15) is 0 Å². The fraction of sp³-hybridized carbons (Fsp3) is 0.311. The van der Waals surface area contributed by atoms with Crippen LogP contribution >= 0.6 is 0 Å². The number of rotatable bonds is 4. The summed E-state index contributed by atoms with van der Waals surface area (Å²) < 4.78 is 0. The van der Waals surface area contributed by atoms with E-state index in [0.29, 0.717) is 0 Å². The Kier molecular flexibility index (Phi) is 9.30. The van der Waals surface area contributed by atoms with E-state index in [2.05, 4.69) is 230 Å². The van der Waals surface area contributed by atoms with Crippen LogP contribution in [0.15, 0.2) is 140 Å². The summed E-state index contributed by atoms with van der Waals surface area (Å²) in [6, 6.07) is 54.6. The van der Waals surface area contributed by atoms with Crippen molar-refractivity contribution in [1.29, 1.82) is 0 Å². The van der Waals surface area contributed by atoms with Gasteiger partial charge in [0.25, 0.3) is 6.71 Å². The molecule has 65 heavy (non-hydrogen) atoms. The maximum Gasteiger partial charge on any atom is 0.252 e. The van der Waals surface area contributed by atoms with E-state index in [1.165, 1.54) is 126 Å². The lowest BCUT2D eigenvalue weighted by Crippen LogP contribution is -2.61. The predicted molar refractivity (Wildman–Crippen MR) is 280 cm³/mol. The lowest BCUT2D eigenvalue weighted by Gasteiger charge is -2.50. The van der Waals surface area contributed by atoms with Crippen LogP contribution in [0.25, 0.3) is 11.1 Å². The van der Waals surface area contributed by atoms with Gasteiger partial charge in [0.05, 0.1) is 5.54 Å². The topological polar surface area (TPSA) is 9.72 Å². The van der Waals surface area contributed by atoms with Crippen molar-refractivity contribution in [1.82, 2.24) is 0 Å². The van der Waals surface area contributed by atoms with Crippen molar-refractivity contribution in [3.63, 3.8) is 0 Å². The molecule has 1 fully saturated rings. The second-order valence-corrected chi connectivity index (χ2v) is 22.4. The molecule has 0 bridgehead atoms. The lowest BCUT2D eigenvalue weighted by molar-refractivity contribution is 0.195. The summed E-state index contributed by atoms with van der Waals surface area (Å²) in [6.07, 6.45) is 4.83. The van der Waals surface area contributed by atoms with Crippen molar-refractivity contribution in [3.8, 4) is 11.1 Å². The second kappa shape index (κ2) is 14.5. The first-order chi connectivity index (χ1) is 31.0. The number of hydrogen-bond donors (Lipinski definition) is 0. The summed E-state index contributed by atoms with van der Waals surface area (Å²) in [5, 5.41) is 0. The first-order valence-corrected chi connectivity index (χ1v) is 24.2. The molecule has 326 valence electrons. The molecule has 4 heteroatoms. The van der Waals surface area contributed by atoms with E-state index in [0.717, 1.165) is 6.42 Å². The van der Waals surface area contributed by atoms with E-state index in [-0.39, 0.29) is 28.5 Å². The van der Waals surface area contributed by atoms with E-state index in [9.17, 15) is 0 Å². The Labute approximate surface area is 389 Å². The molecule has 3 heterocycles. The van der Waals surface area contributed by atoms with Gasteiger partial charge in [-0.15, -0.1) is 0 Å². The largest absolute Gasteiger partial charge is 0.334 e. The summed E-state index contributed by atoms with van der Waals surface area (Å²) in [4.78, 5) is 7.97. The van der Waals surface area contributed by atoms with E-state index >= 15 is 0 Å². The number of benzene rings is 7. The molecule has 3 aliphatic heterocycles. The predicted octanol–water partition coefficient (Wildman–Crippen LogP) is 14.7. The molecule has 0 spiro atoms. The third kappa shape index (κ3) is 6.29. The molecule has 1 saturated carbocycles. The maximum absolute atomic E-state index is 2.77. The van der Waals surface area contributed by atoms with Gasteiger partial charge in [-0.2, -0.15) is 0 Å². The quantitative estimate of drug-likeness (QED) is 0.163. The number of fused-ring (bicyclic) bond motifs is 7. The second-order valence-electron chi connectivity index (χ2n) is 22.4. The zero-order valence-corrected chi connectivity index (χ0v) is 40.5. The molecule has 2 unspecified atom stereocenters. The number of anilines is 8. The number of hydrogen-bond acceptors (Lipinski definition) is 3. The fourth-order valence-electron chi connectivity index (χ4n) is 12.3. The summed E-state index contributed by atoms with van der Waals surface area (Å²) in [5.74, 6) is 0. The van der Waals surface area contributed by atoms with Crippen LogP contribution in [0.1, 0.15) is 114 Å². The first-order valence-electron chi connectivity index (χ1n) is 24.2. The molecule has 11 rings (SSSR count). The molecule has 0 aromatic heterocycles. The Hall–Kier alpha value is -6.00. The van der Waals surface area contributed by atoms with Crippen LogP contribution < -0.4 is 31.1 Å². The molecule has 2 atom stereocenters. The van der Waals surface area contributed by atoms with Crippen molar-refractivity contribution in [2.24, 2.45) is 0 Å². The van der Waals surface area contributed by atoms with Gasteiger partial charge in [-0.25, -0.2) is 0 Å². The SMILES string of the molecule is Cc1cccc(N2c3cc(C)ccc3B3c4ccc(N5c6ccc(-c7ccccc7C)cc6C6(C)CCCCC56C)cc4N(c4ccc(C(C)(C)C)cc4)c4cc(C(C)(C)C)cc2c43)c1. The Morgan fingerprint density at radius 3 is 1.82 bits per heavy atom. The monoisotopic (exact) mass is 850 g/mol. The normalized spacial score (nSPS) is 19.7. The molecule has 1 aliphatic carbocycles. The molecule has 0 amide bonds. The fourth-order valence-corrected chi connectivity index (χ4v) is 12.3. The molecular formula is C61H64BN3. The molecule has 0 radical (unpaired) electrons. The minimum Gasteiger partial charge on any atom is -0.334 e. The van der Waals surface area contributed by atoms with E-state index < -0.39 is 0 Å². The zero-order chi connectivity index (χ0) is 45.4. The van der Waals surface area contributed by atoms with Gasteiger partial charge in [0.15, 0.2) is 0 Å². The smallest absolute Gasteiger partial charge is 0.252 e.